The Morgan fingerprint density at radius 3 is 2.46 bits per heavy atom. The molecule has 0 bridgehead atoms. The van der Waals surface area contributed by atoms with E-state index in [0.717, 1.165) is 5.56 Å². The van der Waals surface area contributed by atoms with Gasteiger partial charge in [-0.25, -0.2) is 9.37 Å². The van der Waals surface area contributed by atoms with Gasteiger partial charge in [-0.15, -0.1) is 0 Å². The molecule has 2 aromatic heterocycles. The number of hydrogen-bond acceptors (Lipinski definition) is 4. The third-order valence-electron chi connectivity index (χ3n) is 3.73. The standard InChI is InChI=1S/C17H12FN5O/c18-11-6-8-12(9-7-11)23-16(10-4-2-1-3-5-10)20-15-13(17(23)24)14(19)21-22-15/h1-9H,(H3,19,21,22). The fourth-order valence-corrected chi connectivity index (χ4v) is 2.61. The minimum Gasteiger partial charge on any atom is -0.383 e. The summed E-state index contributed by atoms with van der Waals surface area (Å²) in [6.07, 6.45) is 0. The molecule has 0 radical (unpaired) electrons. The molecule has 2 aromatic carbocycles. The maximum absolute atomic E-state index is 13.3. The van der Waals surface area contributed by atoms with E-state index in [-0.39, 0.29) is 28.2 Å². The first-order chi connectivity index (χ1) is 11.6. The summed E-state index contributed by atoms with van der Waals surface area (Å²) >= 11 is 0. The number of halogens is 1. The summed E-state index contributed by atoms with van der Waals surface area (Å²) in [6.45, 7) is 0. The first-order valence-corrected chi connectivity index (χ1v) is 7.23. The second kappa shape index (κ2) is 5.31. The number of nitrogens with two attached hydrogens (primary N) is 1. The Hall–Kier alpha value is -3.48. The van der Waals surface area contributed by atoms with Crippen molar-refractivity contribution in [3.63, 3.8) is 0 Å². The zero-order chi connectivity index (χ0) is 16.7. The van der Waals surface area contributed by atoms with Crippen LogP contribution in [0.5, 0.6) is 0 Å². The molecular formula is C17H12FN5O. The molecule has 3 N–H and O–H groups in total. The first-order valence-electron chi connectivity index (χ1n) is 7.23. The lowest BCUT2D eigenvalue weighted by molar-refractivity contribution is 0.627. The van der Waals surface area contributed by atoms with Crippen molar-refractivity contribution in [3.05, 3.63) is 70.8 Å². The number of H-pyrrole nitrogens is 1. The topological polar surface area (TPSA) is 89.6 Å². The number of hydrogen-bond donors (Lipinski definition) is 2. The van der Waals surface area contributed by atoms with Crippen LogP contribution in [0.2, 0.25) is 0 Å². The Morgan fingerprint density at radius 2 is 1.75 bits per heavy atom. The van der Waals surface area contributed by atoms with E-state index < -0.39 is 0 Å². The van der Waals surface area contributed by atoms with Gasteiger partial charge in [-0.1, -0.05) is 30.3 Å². The van der Waals surface area contributed by atoms with E-state index in [1.165, 1.54) is 28.8 Å². The van der Waals surface area contributed by atoms with Gasteiger partial charge < -0.3 is 5.73 Å². The van der Waals surface area contributed by atoms with Gasteiger partial charge in [0, 0.05) is 5.56 Å². The summed E-state index contributed by atoms with van der Waals surface area (Å²) in [5.41, 5.74) is 6.92. The Labute approximate surface area is 135 Å². The van der Waals surface area contributed by atoms with Crippen molar-refractivity contribution in [2.24, 2.45) is 0 Å². The van der Waals surface area contributed by atoms with Crippen LogP contribution >= 0.6 is 0 Å². The molecule has 118 valence electrons. The van der Waals surface area contributed by atoms with Crippen LogP contribution in [0.4, 0.5) is 10.2 Å². The monoisotopic (exact) mass is 321 g/mol. The lowest BCUT2D eigenvalue weighted by Gasteiger charge is -2.12. The molecule has 24 heavy (non-hydrogen) atoms. The van der Waals surface area contributed by atoms with Crippen molar-refractivity contribution in [1.29, 1.82) is 0 Å². The van der Waals surface area contributed by atoms with Gasteiger partial charge in [0.05, 0.1) is 5.69 Å². The summed E-state index contributed by atoms with van der Waals surface area (Å²) in [5, 5.41) is 6.76. The van der Waals surface area contributed by atoms with E-state index in [2.05, 4.69) is 15.2 Å². The highest BCUT2D eigenvalue weighted by Crippen LogP contribution is 2.22. The van der Waals surface area contributed by atoms with E-state index in [4.69, 9.17) is 5.73 Å². The predicted molar refractivity (Wildman–Crippen MR) is 89.3 cm³/mol. The fourth-order valence-electron chi connectivity index (χ4n) is 2.61. The molecule has 2 heterocycles. The number of aromatic nitrogens is 4. The number of nitrogens with zero attached hydrogens (tertiary/aromatic N) is 3. The molecular weight excluding hydrogens is 309 g/mol. The van der Waals surface area contributed by atoms with Crippen LogP contribution in [0.15, 0.2) is 59.4 Å². The molecule has 4 rings (SSSR count). The number of fused-ring (bicyclic) bond motifs is 1. The zero-order valence-electron chi connectivity index (χ0n) is 12.4. The average molecular weight is 321 g/mol. The molecule has 0 spiro atoms. The number of anilines is 1. The smallest absolute Gasteiger partial charge is 0.271 e. The zero-order valence-corrected chi connectivity index (χ0v) is 12.4. The number of rotatable bonds is 2. The number of nitrogens with one attached hydrogen (secondary N) is 1. The van der Waals surface area contributed by atoms with E-state index in [0.29, 0.717) is 11.5 Å². The lowest BCUT2D eigenvalue weighted by atomic mass is 10.2. The normalized spacial score (nSPS) is 11.0. The molecule has 0 saturated heterocycles. The van der Waals surface area contributed by atoms with Crippen molar-refractivity contribution < 1.29 is 4.39 Å². The quantitative estimate of drug-likeness (QED) is 0.593. The third-order valence-corrected chi connectivity index (χ3v) is 3.73. The molecule has 0 fully saturated rings. The highest BCUT2D eigenvalue weighted by molar-refractivity contribution is 5.86. The molecule has 0 unspecified atom stereocenters. The van der Waals surface area contributed by atoms with Crippen molar-refractivity contribution in [2.75, 3.05) is 5.73 Å². The highest BCUT2D eigenvalue weighted by atomic mass is 19.1. The van der Waals surface area contributed by atoms with Gasteiger partial charge in [0.1, 0.15) is 22.8 Å². The Kier molecular flexibility index (Phi) is 3.13. The van der Waals surface area contributed by atoms with Gasteiger partial charge in [0.15, 0.2) is 5.65 Å². The third kappa shape index (κ3) is 2.14. The van der Waals surface area contributed by atoms with Gasteiger partial charge >= 0.3 is 0 Å². The molecule has 4 aromatic rings. The lowest BCUT2D eigenvalue weighted by Crippen LogP contribution is -2.22. The van der Waals surface area contributed by atoms with E-state index in [1.54, 1.807) is 0 Å². The Bertz CT molecular complexity index is 1080. The summed E-state index contributed by atoms with van der Waals surface area (Å²) in [4.78, 5) is 17.5. The van der Waals surface area contributed by atoms with Crippen LogP contribution < -0.4 is 11.3 Å². The molecule has 7 heteroatoms. The molecule has 0 atom stereocenters. The second-order valence-corrected chi connectivity index (χ2v) is 5.25. The van der Waals surface area contributed by atoms with E-state index >= 15 is 0 Å². The van der Waals surface area contributed by atoms with E-state index in [9.17, 15) is 9.18 Å². The van der Waals surface area contributed by atoms with Crippen LogP contribution in [0, 0.1) is 5.82 Å². The van der Waals surface area contributed by atoms with Gasteiger partial charge in [0.25, 0.3) is 5.56 Å². The minimum absolute atomic E-state index is 0.151. The summed E-state index contributed by atoms with van der Waals surface area (Å²) in [5.74, 6) is 0.175. The van der Waals surface area contributed by atoms with E-state index in [1.807, 2.05) is 30.3 Å². The van der Waals surface area contributed by atoms with Gasteiger partial charge in [-0.05, 0) is 24.3 Å². The molecule has 0 saturated carbocycles. The predicted octanol–water partition coefficient (Wildman–Crippen LogP) is 2.50. The van der Waals surface area contributed by atoms with Crippen LogP contribution in [-0.4, -0.2) is 19.7 Å². The molecule has 0 aliphatic carbocycles. The van der Waals surface area contributed by atoms with Crippen molar-refractivity contribution in [1.82, 2.24) is 19.7 Å². The first kappa shape index (κ1) is 14.1. The van der Waals surface area contributed by atoms with Crippen LogP contribution in [0.1, 0.15) is 0 Å². The Morgan fingerprint density at radius 1 is 1.04 bits per heavy atom. The van der Waals surface area contributed by atoms with Gasteiger partial charge in [-0.3, -0.25) is 14.5 Å². The van der Waals surface area contributed by atoms with Crippen molar-refractivity contribution >= 4 is 16.9 Å². The summed E-state index contributed by atoms with van der Waals surface area (Å²) in [7, 11) is 0. The van der Waals surface area contributed by atoms with Crippen molar-refractivity contribution in [3.8, 4) is 17.1 Å². The minimum atomic E-state index is -0.384. The number of nitrogen functional groups attached to an aromatic ring is 1. The largest absolute Gasteiger partial charge is 0.383 e. The highest BCUT2D eigenvalue weighted by Gasteiger charge is 2.18. The maximum atomic E-state index is 13.3. The van der Waals surface area contributed by atoms with Crippen LogP contribution in [0.3, 0.4) is 0 Å². The number of aromatic amines is 1. The van der Waals surface area contributed by atoms with Crippen molar-refractivity contribution in [2.45, 2.75) is 0 Å². The molecule has 0 aliphatic heterocycles. The maximum Gasteiger partial charge on any atom is 0.271 e. The Balaban J connectivity index is 2.12. The van der Waals surface area contributed by atoms with Gasteiger partial charge in [0.2, 0.25) is 0 Å². The summed E-state index contributed by atoms with van der Waals surface area (Å²) in [6, 6.07) is 14.9. The molecule has 6 nitrogen and oxygen atoms in total. The summed E-state index contributed by atoms with van der Waals surface area (Å²) < 4.78 is 14.7. The molecule has 0 aliphatic rings. The second-order valence-electron chi connectivity index (χ2n) is 5.25. The van der Waals surface area contributed by atoms with Gasteiger partial charge in [-0.2, -0.15) is 5.10 Å². The fraction of sp³-hybridized carbons (Fsp3) is 0. The SMILES string of the molecule is Nc1[nH]nc2nc(-c3ccccc3)n(-c3ccc(F)cc3)c(=O)c12. The average Bonchev–Trinajstić information content (AvgIpc) is 2.98. The van der Waals surface area contributed by atoms with Crippen LogP contribution in [0.25, 0.3) is 28.1 Å². The molecule has 0 amide bonds. The number of benzene rings is 2. The van der Waals surface area contributed by atoms with Crippen LogP contribution in [-0.2, 0) is 0 Å².